The molecule has 37 heavy (non-hydrogen) atoms. The summed E-state index contributed by atoms with van der Waals surface area (Å²) in [4.78, 5) is 59.8. The maximum atomic E-state index is 13.0. The van der Waals surface area contributed by atoms with Crippen LogP contribution in [-0.2, 0) is 24.0 Å². The molecule has 14 nitrogen and oxygen atoms in total. The number of nitrogen functional groups attached to an aromatic ring is 1. The zero-order valence-electron chi connectivity index (χ0n) is 19.9. The number of amides is 3. The molecule has 2 unspecified atom stereocenters. The van der Waals surface area contributed by atoms with Crippen molar-refractivity contribution in [2.45, 2.75) is 23.9 Å². The molecule has 0 aliphatic carbocycles. The van der Waals surface area contributed by atoms with Crippen LogP contribution in [0, 0.1) is 5.92 Å². The molecule has 1 aromatic heterocycles. The van der Waals surface area contributed by atoms with Gasteiger partial charge in [0.05, 0.1) is 31.1 Å². The van der Waals surface area contributed by atoms with Crippen molar-refractivity contribution in [3.8, 4) is 0 Å². The van der Waals surface area contributed by atoms with Crippen molar-refractivity contribution in [1.29, 1.82) is 0 Å². The normalized spacial score (nSPS) is 27.2. The number of aromatic nitrogens is 1. The number of piperidine rings is 1. The first-order valence-corrected chi connectivity index (χ1v) is 13.2. The van der Waals surface area contributed by atoms with Crippen molar-refractivity contribution in [1.82, 2.24) is 25.5 Å². The van der Waals surface area contributed by atoms with Crippen LogP contribution >= 0.6 is 23.1 Å². The average molecular weight is 549 g/mol. The Bertz CT molecular complexity index is 1280. The number of hydrazine groups is 1. The number of nitrogens with one attached hydrogen (secondary N) is 2. The van der Waals surface area contributed by atoms with Crippen molar-refractivity contribution in [2.75, 3.05) is 38.7 Å². The Kier molecular flexibility index (Phi) is 6.53. The molecule has 0 saturated carbocycles. The van der Waals surface area contributed by atoms with Crippen LogP contribution < -0.4 is 21.5 Å². The number of thiazole rings is 1. The van der Waals surface area contributed by atoms with Crippen LogP contribution in [0.2, 0.25) is 0 Å². The predicted octanol–water partition coefficient (Wildman–Crippen LogP) is -3.07. The number of anilines is 1. The smallest absolute Gasteiger partial charge is 0.276 e. The number of hydrogen-bond acceptors (Lipinski definition) is 12. The summed E-state index contributed by atoms with van der Waals surface area (Å²) < 4.78 is 1.88. The molecule has 2 fully saturated rings. The lowest BCUT2D eigenvalue weighted by atomic mass is 9.95. The van der Waals surface area contributed by atoms with Gasteiger partial charge in [-0.2, -0.15) is 5.01 Å². The molecule has 16 heteroatoms. The van der Waals surface area contributed by atoms with E-state index in [1.54, 1.807) is 0 Å². The molecule has 196 valence electrons. The van der Waals surface area contributed by atoms with Gasteiger partial charge < -0.3 is 31.1 Å². The quantitative estimate of drug-likeness (QED) is 0.137. The van der Waals surface area contributed by atoms with Gasteiger partial charge in [-0.3, -0.25) is 19.3 Å². The van der Waals surface area contributed by atoms with E-state index in [9.17, 15) is 24.3 Å². The van der Waals surface area contributed by atoms with Gasteiger partial charge in [0.15, 0.2) is 23.6 Å². The van der Waals surface area contributed by atoms with E-state index in [0.717, 1.165) is 16.2 Å². The topological polar surface area (TPSA) is 185 Å². The fourth-order valence-corrected chi connectivity index (χ4v) is 6.80. The second kappa shape index (κ2) is 9.66. The van der Waals surface area contributed by atoms with E-state index in [2.05, 4.69) is 20.8 Å². The molecule has 4 aliphatic heterocycles. The van der Waals surface area contributed by atoms with E-state index in [0.29, 0.717) is 24.3 Å². The summed E-state index contributed by atoms with van der Waals surface area (Å²) in [6.07, 6.45) is 2.33. The minimum absolute atomic E-state index is 0.00833. The number of aliphatic carboxylic acids is 1. The molecule has 2 saturated heterocycles. The van der Waals surface area contributed by atoms with E-state index in [-0.39, 0.29) is 46.6 Å². The van der Waals surface area contributed by atoms with E-state index < -0.39 is 29.2 Å². The summed E-state index contributed by atoms with van der Waals surface area (Å²) in [6, 6.07) is -0.974. The molecular weight excluding hydrogens is 524 g/mol. The molecule has 5 rings (SSSR count). The van der Waals surface area contributed by atoms with Gasteiger partial charge in [-0.15, -0.1) is 27.8 Å². The lowest BCUT2D eigenvalue weighted by molar-refractivity contribution is -0.673. The Labute approximate surface area is 219 Å². The molecule has 0 radical (unpaired) electrons. The number of thioether (sulfide) groups is 1. The first-order valence-electron chi connectivity index (χ1n) is 11.3. The van der Waals surface area contributed by atoms with Gasteiger partial charge in [0.1, 0.15) is 30.3 Å². The van der Waals surface area contributed by atoms with Crippen LogP contribution in [0.4, 0.5) is 5.13 Å². The van der Waals surface area contributed by atoms with Gasteiger partial charge in [-0.05, 0) is 0 Å². The number of rotatable bonds is 7. The largest absolute Gasteiger partial charge is 0.543 e. The van der Waals surface area contributed by atoms with Crippen molar-refractivity contribution >= 4 is 63.8 Å². The van der Waals surface area contributed by atoms with Crippen molar-refractivity contribution in [2.24, 2.45) is 11.1 Å². The van der Waals surface area contributed by atoms with Crippen LogP contribution in [-0.4, -0.2) is 106 Å². The van der Waals surface area contributed by atoms with Crippen molar-refractivity contribution in [3.63, 3.8) is 0 Å². The summed E-state index contributed by atoms with van der Waals surface area (Å²) in [5.74, 6) is -2.33. The monoisotopic (exact) mass is 548 g/mol. The number of fused-ring (bicyclic) bond motifs is 2. The summed E-state index contributed by atoms with van der Waals surface area (Å²) in [5, 5.41) is 24.4. The second-order valence-corrected chi connectivity index (χ2v) is 10.8. The molecule has 0 spiro atoms. The van der Waals surface area contributed by atoms with Gasteiger partial charge in [-0.1, -0.05) is 5.16 Å². The number of nitrogens with two attached hydrogens (primary N) is 1. The molecule has 4 atom stereocenters. The third kappa shape index (κ3) is 4.39. The predicted molar refractivity (Wildman–Crippen MR) is 131 cm³/mol. The molecular formula is C21H24N8O6S2. The highest BCUT2D eigenvalue weighted by atomic mass is 32.2. The molecule has 4 aliphatic rings. The average Bonchev–Trinajstić information content (AvgIpc) is 3.43. The van der Waals surface area contributed by atoms with Gasteiger partial charge in [0.25, 0.3) is 11.8 Å². The Balaban J connectivity index is 1.32. The summed E-state index contributed by atoms with van der Waals surface area (Å²) in [5.41, 5.74) is 6.01. The number of nitrogens with zero attached hydrogens (tertiary/aromatic N) is 5. The van der Waals surface area contributed by atoms with E-state index in [1.165, 1.54) is 24.3 Å². The summed E-state index contributed by atoms with van der Waals surface area (Å²) in [6.45, 7) is 0.749. The first kappa shape index (κ1) is 25.0. The molecule has 0 bridgehead atoms. The number of carboxylic acid groups (broad SMARTS) is 1. The standard InChI is InChI=1S/C21H24N8O6S2/c1-27-12-3-13(30)23-4-9(12)5-28(27)6-10-7-36-19-15(18(32)29(19)16(10)20(33)34)25-17(31)14(26-35-2)11-8-37-21(22)24-11/h5,8-9,12,15,19H,3-4,6-7H2,1-2H3,(H4-,22,23,24,25,30,31,33,34)/b26-14-/t9?,12?,15-,19-/m1/s1. The Morgan fingerprint density at radius 3 is 2.89 bits per heavy atom. The highest BCUT2D eigenvalue weighted by molar-refractivity contribution is 8.00. The van der Waals surface area contributed by atoms with E-state index in [4.69, 9.17) is 10.6 Å². The van der Waals surface area contributed by atoms with Crippen molar-refractivity contribution in [3.05, 3.63) is 22.3 Å². The maximum Gasteiger partial charge on any atom is 0.276 e. The van der Waals surface area contributed by atoms with Crippen LogP contribution in [0.1, 0.15) is 12.1 Å². The van der Waals surface area contributed by atoms with Gasteiger partial charge in [0, 0.05) is 23.3 Å². The van der Waals surface area contributed by atoms with Gasteiger partial charge >= 0.3 is 0 Å². The SMILES string of the molecule is CO/N=C(\C(=O)N[C@@H]1C(=O)N2C(C(=O)[O-])=C(C[N+]3=CC4CNC(=O)CC4N3C)CS[C@H]12)c1csc(N)n1. The number of carbonyl (C=O) groups excluding carboxylic acids is 4. The first-order chi connectivity index (χ1) is 17.7. The molecule has 0 aromatic carbocycles. The number of hydrogen-bond donors (Lipinski definition) is 3. The highest BCUT2D eigenvalue weighted by Gasteiger charge is 2.54. The molecule has 5 heterocycles. The van der Waals surface area contributed by atoms with Crippen LogP contribution in [0.15, 0.2) is 21.8 Å². The Hall–Kier alpha value is -3.66. The third-order valence-electron chi connectivity index (χ3n) is 6.71. The number of oxime groups is 1. The van der Waals surface area contributed by atoms with Crippen LogP contribution in [0.3, 0.4) is 0 Å². The highest BCUT2D eigenvalue weighted by Crippen LogP contribution is 2.40. The lowest BCUT2D eigenvalue weighted by Crippen LogP contribution is -2.71. The van der Waals surface area contributed by atoms with E-state index >= 15 is 0 Å². The fourth-order valence-electron chi connectivity index (χ4n) is 4.91. The lowest BCUT2D eigenvalue weighted by Gasteiger charge is -2.50. The molecule has 3 amide bonds. The number of carbonyl (C=O) groups is 4. The molecule has 1 aromatic rings. The van der Waals surface area contributed by atoms with Gasteiger partial charge in [0.2, 0.25) is 5.91 Å². The molecule has 4 N–H and O–H groups in total. The third-order valence-corrected chi connectivity index (χ3v) is 8.73. The van der Waals surface area contributed by atoms with Gasteiger partial charge in [-0.25, -0.2) is 4.98 Å². The Morgan fingerprint density at radius 2 is 2.22 bits per heavy atom. The van der Waals surface area contributed by atoms with Crippen molar-refractivity contribution < 1.29 is 33.8 Å². The minimum Gasteiger partial charge on any atom is -0.543 e. The number of β-lactam (4-membered cyclic amide) rings is 1. The summed E-state index contributed by atoms with van der Waals surface area (Å²) in [7, 11) is 3.13. The number of hydrazone groups is 1. The second-order valence-electron chi connectivity index (χ2n) is 8.85. The van der Waals surface area contributed by atoms with E-state index in [1.807, 2.05) is 23.0 Å². The minimum atomic E-state index is -1.46. The van der Waals surface area contributed by atoms with Crippen LogP contribution in [0.25, 0.3) is 0 Å². The zero-order valence-corrected chi connectivity index (χ0v) is 21.5. The zero-order chi connectivity index (χ0) is 26.4. The fraction of sp³-hybridized carbons (Fsp3) is 0.476. The number of carboxylic acids is 1. The maximum absolute atomic E-state index is 13.0. The van der Waals surface area contributed by atoms with Crippen LogP contribution in [0.5, 0.6) is 0 Å². The Morgan fingerprint density at radius 1 is 1.43 bits per heavy atom. The summed E-state index contributed by atoms with van der Waals surface area (Å²) >= 11 is 2.46.